The maximum absolute atomic E-state index is 11.5. The van der Waals surface area contributed by atoms with E-state index in [1.807, 2.05) is 32.7 Å². The van der Waals surface area contributed by atoms with Crippen LogP contribution in [0.5, 0.6) is 0 Å². The molecule has 1 aliphatic heterocycles. The molecule has 0 N–H and O–H groups in total. The highest BCUT2D eigenvalue weighted by atomic mass is 32.2. The van der Waals surface area contributed by atoms with Crippen LogP contribution in [0.4, 0.5) is 0 Å². The molecule has 7 heteroatoms. The number of nitrogens with zero attached hydrogens (tertiary/aromatic N) is 3. The molecule has 19 heavy (non-hydrogen) atoms. The highest BCUT2D eigenvalue weighted by Crippen LogP contribution is 2.21. The fourth-order valence-corrected chi connectivity index (χ4v) is 3.89. The molecule has 1 unspecified atom stereocenters. The third kappa shape index (κ3) is 3.54. The number of hydrogen-bond acceptors (Lipinski definition) is 6. The van der Waals surface area contributed by atoms with Gasteiger partial charge in [0.2, 0.25) is 5.89 Å². The lowest BCUT2D eigenvalue weighted by Gasteiger charge is -2.20. The second kappa shape index (κ2) is 4.86. The summed E-state index contributed by atoms with van der Waals surface area (Å²) in [5, 5.41) is 3.96. The van der Waals surface area contributed by atoms with E-state index in [1.54, 1.807) is 0 Å². The van der Waals surface area contributed by atoms with E-state index in [9.17, 15) is 8.42 Å². The molecule has 0 saturated carbocycles. The van der Waals surface area contributed by atoms with Crippen molar-refractivity contribution in [3.8, 4) is 0 Å². The Balaban J connectivity index is 2.00. The minimum Gasteiger partial charge on any atom is -0.338 e. The largest absolute Gasteiger partial charge is 0.338 e. The Hall–Kier alpha value is -0.950. The fraction of sp³-hybridized carbons (Fsp3) is 0.833. The standard InChI is InChI=1S/C12H21N3O3S/c1-12(2,3)11-13-10(18-14-11)7-15(4)9-5-6-19(16,17)8-9/h9H,5-8H2,1-4H3. The van der Waals surface area contributed by atoms with E-state index in [0.29, 0.717) is 24.7 Å². The van der Waals surface area contributed by atoms with Gasteiger partial charge in [-0.15, -0.1) is 0 Å². The van der Waals surface area contributed by atoms with Crippen LogP contribution in [-0.4, -0.2) is 48.1 Å². The predicted molar refractivity (Wildman–Crippen MR) is 71.5 cm³/mol. The second-order valence-electron chi connectivity index (χ2n) is 6.23. The van der Waals surface area contributed by atoms with Crippen molar-refractivity contribution in [3.63, 3.8) is 0 Å². The SMILES string of the molecule is CN(Cc1nc(C(C)(C)C)no1)C1CCS(=O)(=O)C1. The number of rotatable bonds is 3. The quantitative estimate of drug-likeness (QED) is 0.825. The first-order chi connectivity index (χ1) is 8.67. The van der Waals surface area contributed by atoms with Gasteiger partial charge in [0.1, 0.15) is 0 Å². The zero-order chi connectivity index (χ0) is 14.3. The van der Waals surface area contributed by atoms with Gasteiger partial charge in [0.05, 0.1) is 18.1 Å². The number of sulfone groups is 1. The Bertz CT molecular complexity index is 545. The lowest BCUT2D eigenvalue weighted by molar-refractivity contribution is 0.217. The highest BCUT2D eigenvalue weighted by Gasteiger charge is 2.31. The monoisotopic (exact) mass is 287 g/mol. The van der Waals surface area contributed by atoms with Gasteiger partial charge >= 0.3 is 0 Å². The average molecular weight is 287 g/mol. The molecular formula is C12H21N3O3S. The van der Waals surface area contributed by atoms with Gasteiger partial charge in [0.15, 0.2) is 15.7 Å². The first kappa shape index (κ1) is 14.5. The summed E-state index contributed by atoms with van der Waals surface area (Å²) in [5.41, 5.74) is -0.142. The first-order valence-electron chi connectivity index (χ1n) is 6.41. The molecular weight excluding hydrogens is 266 g/mol. The molecule has 0 bridgehead atoms. The van der Waals surface area contributed by atoms with Gasteiger partial charge in [-0.25, -0.2) is 8.42 Å². The minimum absolute atomic E-state index is 0.0509. The van der Waals surface area contributed by atoms with Gasteiger partial charge in [-0.2, -0.15) is 4.98 Å². The third-order valence-corrected chi connectivity index (χ3v) is 5.11. The molecule has 0 aliphatic carbocycles. The highest BCUT2D eigenvalue weighted by molar-refractivity contribution is 7.91. The van der Waals surface area contributed by atoms with Crippen molar-refractivity contribution in [3.05, 3.63) is 11.7 Å². The summed E-state index contributed by atoms with van der Waals surface area (Å²) in [6.45, 7) is 6.56. The first-order valence-corrected chi connectivity index (χ1v) is 8.23. The zero-order valence-corrected chi connectivity index (χ0v) is 12.7. The van der Waals surface area contributed by atoms with Gasteiger partial charge in [-0.05, 0) is 13.5 Å². The van der Waals surface area contributed by atoms with Crippen molar-refractivity contribution in [1.29, 1.82) is 0 Å². The minimum atomic E-state index is -2.86. The van der Waals surface area contributed by atoms with E-state index < -0.39 is 9.84 Å². The van der Waals surface area contributed by atoms with Crippen molar-refractivity contribution in [2.24, 2.45) is 0 Å². The third-order valence-electron chi connectivity index (χ3n) is 3.36. The van der Waals surface area contributed by atoms with Gasteiger partial charge in [-0.1, -0.05) is 25.9 Å². The van der Waals surface area contributed by atoms with Crippen molar-refractivity contribution >= 4 is 9.84 Å². The fourth-order valence-electron chi connectivity index (χ4n) is 2.09. The van der Waals surface area contributed by atoms with E-state index in [2.05, 4.69) is 10.1 Å². The normalized spacial score (nSPS) is 23.1. The molecule has 0 spiro atoms. The lowest BCUT2D eigenvalue weighted by Crippen LogP contribution is -2.32. The topological polar surface area (TPSA) is 76.3 Å². The lowest BCUT2D eigenvalue weighted by atomic mass is 9.96. The Morgan fingerprint density at radius 1 is 1.42 bits per heavy atom. The van der Waals surface area contributed by atoms with Crippen LogP contribution in [0.2, 0.25) is 0 Å². The Morgan fingerprint density at radius 2 is 2.11 bits per heavy atom. The summed E-state index contributed by atoms with van der Waals surface area (Å²) in [4.78, 5) is 6.34. The zero-order valence-electron chi connectivity index (χ0n) is 11.9. The van der Waals surface area contributed by atoms with Crippen LogP contribution >= 0.6 is 0 Å². The Kier molecular flexibility index (Phi) is 3.70. The van der Waals surface area contributed by atoms with Crippen molar-refractivity contribution in [2.45, 2.75) is 45.2 Å². The van der Waals surface area contributed by atoms with E-state index in [-0.39, 0.29) is 23.0 Å². The van der Waals surface area contributed by atoms with Gasteiger partial charge in [-0.3, -0.25) is 4.90 Å². The van der Waals surface area contributed by atoms with Crippen molar-refractivity contribution in [2.75, 3.05) is 18.6 Å². The Morgan fingerprint density at radius 3 is 2.58 bits per heavy atom. The molecule has 0 radical (unpaired) electrons. The van der Waals surface area contributed by atoms with E-state index in [1.165, 1.54) is 0 Å². The van der Waals surface area contributed by atoms with E-state index in [0.717, 1.165) is 0 Å². The summed E-state index contributed by atoms with van der Waals surface area (Å²) >= 11 is 0. The van der Waals surface area contributed by atoms with Crippen molar-refractivity contribution in [1.82, 2.24) is 15.0 Å². The van der Waals surface area contributed by atoms with Crippen LogP contribution < -0.4 is 0 Å². The molecule has 108 valence electrons. The smallest absolute Gasteiger partial charge is 0.240 e. The summed E-state index contributed by atoms with van der Waals surface area (Å²) < 4.78 is 28.1. The molecule has 1 aliphatic rings. The van der Waals surface area contributed by atoms with Crippen LogP contribution in [0.25, 0.3) is 0 Å². The second-order valence-corrected chi connectivity index (χ2v) is 8.46. The Labute approximate surface area is 114 Å². The van der Waals surface area contributed by atoms with E-state index in [4.69, 9.17) is 4.52 Å². The molecule has 1 fully saturated rings. The van der Waals surface area contributed by atoms with Gasteiger partial charge in [0, 0.05) is 11.5 Å². The summed E-state index contributed by atoms with van der Waals surface area (Å²) in [6, 6.07) is 0.0509. The molecule has 1 aromatic heterocycles. The van der Waals surface area contributed by atoms with Crippen molar-refractivity contribution < 1.29 is 12.9 Å². The number of hydrogen-bond donors (Lipinski definition) is 0. The molecule has 2 heterocycles. The summed E-state index contributed by atoms with van der Waals surface area (Å²) in [5.74, 6) is 1.72. The predicted octanol–water partition coefficient (Wildman–Crippen LogP) is 0.986. The maximum atomic E-state index is 11.5. The maximum Gasteiger partial charge on any atom is 0.240 e. The van der Waals surface area contributed by atoms with Crippen LogP contribution in [0, 0.1) is 0 Å². The molecule has 0 amide bonds. The molecule has 1 atom stereocenters. The van der Waals surface area contributed by atoms with Crippen LogP contribution in [0.15, 0.2) is 4.52 Å². The van der Waals surface area contributed by atoms with Crippen LogP contribution in [-0.2, 0) is 21.8 Å². The van der Waals surface area contributed by atoms with Crippen LogP contribution in [0.1, 0.15) is 38.9 Å². The number of aromatic nitrogens is 2. The van der Waals surface area contributed by atoms with E-state index >= 15 is 0 Å². The molecule has 6 nitrogen and oxygen atoms in total. The molecule has 1 aromatic rings. The van der Waals surface area contributed by atoms with Gasteiger partial charge < -0.3 is 4.52 Å². The average Bonchev–Trinajstić information content (AvgIpc) is 2.83. The summed E-state index contributed by atoms with van der Waals surface area (Å²) in [6.07, 6.45) is 0.680. The molecule has 2 rings (SSSR count). The molecule has 1 saturated heterocycles. The van der Waals surface area contributed by atoms with Crippen LogP contribution in [0.3, 0.4) is 0 Å². The summed E-state index contributed by atoms with van der Waals surface area (Å²) in [7, 11) is -0.964. The molecule has 0 aromatic carbocycles. The van der Waals surface area contributed by atoms with Gasteiger partial charge in [0.25, 0.3) is 0 Å².